The van der Waals surface area contributed by atoms with Crippen LogP contribution in [-0.4, -0.2) is 39.5 Å². The molecule has 0 saturated heterocycles. The van der Waals surface area contributed by atoms with Gasteiger partial charge in [-0.05, 0) is 37.8 Å². The van der Waals surface area contributed by atoms with Gasteiger partial charge in [0, 0.05) is 36.6 Å². The van der Waals surface area contributed by atoms with Crippen molar-refractivity contribution in [1.29, 1.82) is 0 Å². The quantitative estimate of drug-likeness (QED) is 0.607. The molecule has 28 heavy (non-hydrogen) atoms. The number of nitrogens with zero attached hydrogens (tertiary/aromatic N) is 3. The largest absolute Gasteiger partial charge is 0.380 e. The number of hydrogen-bond donors (Lipinski definition) is 3. The smallest absolute Gasteiger partial charge is 0.269 e. The molecule has 1 fully saturated rings. The van der Waals surface area contributed by atoms with Crippen LogP contribution >= 0.6 is 0 Å². The molecule has 1 aliphatic carbocycles. The molecular weight excluding hydrogens is 356 g/mol. The fourth-order valence-electron chi connectivity index (χ4n) is 3.32. The summed E-state index contributed by atoms with van der Waals surface area (Å²) in [4.78, 5) is 27.8. The van der Waals surface area contributed by atoms with Crippen LogP contribution in [-0.2, 0) is 0 Å². The van der Waals surface area contributed by atoms with Gasteiger partial charge in [-0.3, -0.25) is 14.6 Å². The number of rotatable bonds is 6. The van der Waals surface area contributed by atoms with E-state index in [4.69, 9.17) is 5.73 Å². The summed E-state index contributed by atoms with van der Waals surface area (Å²) in [6.07, 6.45) is 7.39. The van der Waals surface area contributed by atoms with E-state index in [2.05, 4.69) is 27.6 Å². The summed E-state index contributed by atoms with van der Waals surface area (Å²) < 4.78 is 1.72. The maximum atomic E-state index is 11.9. The Balaban J connectivity index is 1.75. The molecule has 0 bridgehead atoms. The van der Waals surface area contributed by atoms with Crippen molar-refractivity contribution in [3.05, 3.63) is 48.0 Å². The Morgan fingerprint density at radius 2 is 2.04 bits per heavy atom. The van der Waals surface area contributed by atoms with Crippen molar-refractivity contribution < 1.29 is 9.59 Å². The van der Waals surface area contributed by atoms with Crippen LogP contribution in [0.1, 0.15) is 40.6 Å². The first-order valence-electron chi connectivity index (χ1n) is 9.24. The maximum absolute atomic E-state index is 11.9. The third kappa shape index (κ3) is 3.28. The van der Waals surface area contributed by atoms with Crippen molar-refractivity contribution >= 4 is 23.0 Å². The van der Waals surface area contributed by atoms with E-state index in [1.807, 2.05) is 18.3 Å². The normalized spacial score (nSPS) is 14.6. The number of nitrogens with two attached hydrogens (primary N) is 1. The van der Waals surface area contributed by atoms with Gasteiger partial charge >= 0.3 is 0 Å². The average molecular weight is 378 g/mol. The average Bonchev–Trinajstić information content (AvgIpc) is 3.46. The topological polar surface area (TPSA) is 114 Å². The summed E-state index contributed by atoms with van der Waals surface area (Å²) in [5, 5.41) is 10.3. The van der Waals surface area contributed by atoms with Gasteiger partial charge in [0.15, 0.2) is 0 Å². The molecule has 0 spiro atoms. The Kier molecular flexibility index (Phi) is 4.46. The van der Waals surface area contributed by atoms with Gasteiger partial charge in [-0.25, -0.2) is 4.52 Å². The molecule has 3 aromatic rings. The number of primary amides is 1. The number of carbonyl (C=O) groups excluding carboxylic acids is 2. The Hall–Kier alpha value is -3.42. The van der Waals surface area contributed by atoms with Gasteiger partial charge in [0.05, 0.1) is 23.0 Å². The highest BCUT2D eigenvalue weighted by Crippen LogP contribution is 2.36. The number of anilines is 1. The van der Waals surface area contributed by atoms with Gasteiger partial charge in [-0.15, -0.1) is 0 Å². The van der Waals surface area contributed by atoms with E-state index in [0.717, 1.165) is 16.6 Å². The van der Waals surface area contributed by atoms with Gasteiger partial charge < -0.3 is 16.4 Å². The van der Waals surface area contributed by atoms with Crippen LogP contribution in [0.4, 0.5) is 5.69 Å². The third-order valence-electron chi connectivity index (χ3n) is 5.16. The van der Waals surface area contributed by atoms with E-state index >= 15 is 0 Å². The lowest BCUT2D eigenvalue weighted by atomic mass is 10.1. The summed E-state index contributed by atoms with van der Waals surface area (Å²) in [5.74, 6) is -0.133. The monoisotopic (exact) mass is 378 g/mol. The zero-order valence-electron chi connectivity index (χ0n) is 15.8. The lowest BCUT2D eigenvalue weighted by Gasteiger charge is -2.17. The lowest BCUT2D eigenvalue weighted by molar-refractivity contribution is 0.0956. The van der Waals surface area contributed by atoms with Gasteiger partial charge in [0.25, 0.3) is 11.8 Å². The second-order valence-electron chi connectivity index (χ2n) is 7.14. The lowest BCUT2D eigenvalue weighted by Crippen LogP contribution is -2.22. The molecule has 4 rings (SSSR count). The number of aromatic nitrogens is 3. The molecule has 0 aromatic carbocycles. The minimum absolute atomic E-state index is 0.234. The Morgan fingerprint density at radius 3 is 2.64 bits per heavy atom. The van der Waals surface area contributed by atoms with Crippen LogP contribution in [0.5, 0.6) is 0 Å². The predicted octanol–water partition coefficient (Wildman–Crippen LogP) is 2.07. The Bertz CT molecular complexity index is 1050. The molecule has 0 aliphatic heterocycles. The fourth-order valence-corrected chi connectivity index (χ4v) is 3.32. The van der Waals surface area contributed by atoms with E-state index < -0.39 is 5.91 Å². The summed E-state index contributed by atoms with van der Waals surface area (Å²) in [6.45, 7) is 2.12. The molecule has 2 amide bonds. The molecule has 8 nitrogen and oxygen atoms in total. The second kappa shape index (κ2) is 6.95. The molecule has 8 heteroatoms. The third-order valence-corrected chi connectivity index (χ3v) is 5.16. The van der Waals surface area contributed by atoms with E-state index in [-0.39, 0.29) is 11.9 Å². The molecule has 144 valence electrons. The van der Waals surface area contributed by atoms with Crippen LogP contribution in [0.2, 0.25) is 0 Å². The highest BCUT2D eigenvalue weighted by atomic mass is 16.2. The highest BCUT2D eigenvalue weighted by molar-refractivity contribution is 6.02. The maximum Gasteiger partial charge on any atom is 0.269 e. The summed E-state index contributed by atoms with van der Waals surface area (Å²) in [6, 6.07) is 5.70. The minimum atomic E-state index is -0.514. The number of amides is 2. The molecule has 0 unspecified atom stereocenters. The summed E-state index contributed by atoms with van der Waals surface area (Å²) in [7, 11) is 1.57. The summed E-state index contributed by atoms with van der Waals surface area (Å²) in [5.41, 5.74) is 9.50. The van der Waals surface area contributed by atoms with Crippen LogP contribution in [0.3, 0.4) is 0 Å². The van der Waals surface area contributed by atoms with Gasteiger partial charge in [0.1, 0.15) is 5.69 Å². The first-order chi connectivity index (χ1) is 13.5. The van der Waals surface area contributed by atoms with E-state index in [9.17, 15) is 9.59 Å². The van der Waals surface area contributed by atoms with Crippen molar-refractivity contribution in [3.63, 3.8) is 0 Å². The van der Waals surface area contributed by atoms with Crippen molar-refractivity contribution in [2.75, 3.05) is 12.4 Å². The SMILES string of the molecule is CNC(=O)c1ccc(-c2cc3c(N[C@H](C)C4CC4)c(C(N)=O)cnn3c2)cn1. The number of hydrogen-bond acceptors (Lipinski definition) is 5. The zero-order valence-corrected chi connectivity index (χ0v) is 15.8. The number of fused-ring (bicyclic) bond motifs is 1. The zero-order chi connectivity index (χ0) is 19.8. The molecule has 1 aliphatic rings. The molecular formula is C20H22N6O2. The standard InChI is InChI=1S/C20H22N6O2/c1-11(12-3-4-12)25-18-15(19(21)27)9-24-26-10-14(7-17(18)26)13-5-6-16(23-8-13)20(28)22-2/h5-12,25H,3-4H2,1-2H3,(H2,21,27)(H,22,28)/t11-/m1/s1. The molecule has 0 radical (unpaired) electrons. The first-order valence-corrected chi connectivity index (χ1v) is 9.24. The number of carbonyl (C=O) groups is 2. The fraction of sp³-hybridized carbons (Fsp3) is 0.300. The second-order valence-corrected chi connectivity index (χ2v) is 7.14. The molecule has 1 atom stereocenters. The van der Waals surface area contributed by atoms with Crippen LogP contribution in [0.15, 0.2) is 36.8 Å². The van der Waals surface area contributed by atoms with Gasteiger partial charge in [-0.1, -0.05) is 6.07 Å². The van der Waals surface area contributed by atoms with Crippen molar-refractivity contribution in [3.8, 4) is 11.1 Å². The first kappa shape index (κ1) is 18.0. The highest BCUT2D eigenvalue weighted by Gasteiger charge is 2.29. The number of nitrogens with one attached hydrogen (secondary N) is 2. The van der Waals surface area contributed by atoms with Crippen molar-refractivity contribution in [2.24, 2.45) is 11.7 Å². The molecule has 4 N–H and O–H groups in total. The summed E-state index contributed by atoms with van der Waals surface area (Å²) >= 11 is 0. The molecule has 3 heterocycles. The number of pyridine rings is 1. The molecule has 3 aromatic heterocycles. The van der Waals surface area contributed by atoms with Crippen molar-refractivity contribution in [1.82, 2.24) is 19.9 Å². The molecule has 1 saturated carbocycles. The predicted molar refractivity (Wildman–Crippen MR) is 106 cm³/mol. The minimum Gasteiger partial charge on any atom is -0.380 e. The van der Waals surface area contributed by atoms with Crippen LogP contribution < -0.4 is 16.4 Å². The van der Waals surface area contributed by atoms with Crippen molar-refractivity contribution in [2.45, 2.75) is 25.8 Å². The Labute approximate surface area is 162 Å². The Morgan fingerprint density at radius 1 is 1.25 bits per heavy atom. The van der Waals surface area contributed by atoms with E-state index in [1.165, 1.54) is 19.0 Å². The van der Waals surface area contributed by atoms with Gasteiger partial charge in [-0.2, -0.15) is 5.10 Å². The van der Waals surface area contributed by atoms with Gasteiger partial charge in [0.2, 0.25) is 0 Å². The van der Waals surface area contributed by atoms with Crippen LogP contribution in [0, 0.1) is 5.92 Å². The van der Waals surface area contributed by atoms with Crippen LogP contribution in [0.25, 0.3) is 16.6 Å². The van der Waals surface area contributed by atoms with E-state index in [0.29, 0.717) is 22.9 Å². The van der Waals surface area contributed by atoms with E-state index in [1.54, 1.807) is 23.8 Å².